The molecule has 0 aliphatic carbocycles. The number of aromatic nitrogens is 1. The third-order valence-electron chi connectivity index (χ3n) is 7.32. The van der Waals surface area contributed by atoms with Crippen LogP contribution < -0.4 is 9.64 Å². The van der Waals surface area contributed by atoms with Gasteiger partial charge >= 0.3 is 6.09 Å². The highest BCUT2D eigenvalue weighted by Gasteiger charge is 2.67. The SMILES string of the molecule is CCOC(=O)N1CCN(C(=O)C2C3C(=O)N(c4nc5cc(OC)ccc5s4)C[C@@]34C=C[C@@H]2O4)CC1. The molecule has 0 saturated carbocycles. The first-order valence-electron chi connectivity index (χ1n) is 11.8. The number of thiazole rings is 1. The van der Waals surface area contributed by atoms with Crippen LogP contribution in [0, 0.1) is 11.8 Å². The van der Waals surface area contributed by atoms with Gasteiger partial charge in [-0.15, -0.1) is 0 Å². The van der Waals surface area contributed by atoms with E-state index in [1.807, 2.05) is 30.4 Å². The molecule has 2 unspecified atom stereocenters. The molecule has 3 amide bonds. The molecule has 4 aliphatic heterocycles. The van der Waals surface area contributed by atoms with Crippen molar-refractivity contribution < 1.29 is 28.6 Å². The van der Waals surface area contributed by atoms with Gasteiger partial charge in [0.05, 0.1) is 48.4 Å². The maximum Gasteiger partial charge on any atom is 0.409 e. The monoisotopic (exact) mass is 498 g/mol. The van der Waals surface area contributed by atoms with E-state index >= 15 is 0 Å². The number of methoxy groups -OCH3 is 1. The molecule has 2 bridgehead atoms. The lowest BCUT2D eigenvalue weighted by Gasteiger charge is -2.36. The van der Waals surface area contributed by atoms with Crippen LogP contribution >= 0.6 is 11.3 Å². The van der Waals surface area contributed by atoms with Gasteiger partial charge in [-0.3, -0.25) is 14.5 Å². The number of hydrogen-bond donors (Lipinski definition) is 0. The van der Waals surface area contributed by atoms with Crippen LogP contribution in [0.5, 0.6) is 5.75 Å². The number of amides is 3. The van der Waals surface area contributed by atoms with Gasteiger partial charge in [0.25, 0.3) is 0 Å². The number of anilines is 1. The van der Waals surface area contributed by atoms with E-state index in [2.05, 4.69) is 4.98 Å². The average Bonchev–Trinajstić information content (AvgIpc) is 3.62. The summed E-state index contributed by atoms with van der Waals surface area (Å²) < 4.78 is 17.6. The fourth-order valence-electron chi connectivity index (χ4n) is 5.61. The van der Waals surface area contributed by atoms with Crippen LogP contribution in [0.3, 0.4) is 0 Å². The minimum atomic E-state index is -0.815. The lowest BCUT2D eigenvalue weighted by Crippen LogP contribution is -2.54. The molecule has 3 saturated heterocycles. The maximum atomic E-state index is 13.7. The van der Waals surface area contributed by atoms with E-state index in [1.54, 1.807) is 28.7 Å². The molecule has 35 heavy (non-hydrogen) atoms. The van der Waals surface area contributed by atoms with E-state index in [-0.39, 0.29) is 17.9 Å². The Morgan fingerprint density at radius 3 is 2.74 bits per heavy atom. The van der Waals surface area contributed by atoms with Gasteiger partial charge in [-0.25, -0.2) is 9.78 Å². The van der Waals surface area contributed by atoms with Crippen molar-refractivity contribution in [1.82, 2.24) is 14.8 Å². The van der Waals surface area contributed by atoms with Crippen LogP contribution in [0.2, 0.25) is 0 Å². The first-order chi connectivity index (χ1) is 16.9. The summed E-state index contributed by atoms with van der Waals surface area (Å²) in [5, 5.41) is 0.594. The molecule has 1 aromatic heterocycles. The number of carbonyl (C=O) groups is 3. The van der Waals surface area contributed by atoms with Gasteiger partial charge in [0.1, 0.15) is 11.4 Å². The van der Waals surface area contributed by atoms with E-state index in [9.17, 15) is 14.4 Å². The molecule has 0 radical (unpaired) electrons. The summed E-state index contributed by atoms with van der Waals surface area (Å²) >= 11 is 1.44. The molecule has 1 spiro atoms. The van der Waals surface area contributed by atoms with Crippen LogP contribution in [0.4, 0.5) is 9.93 Å². The topological polar surface area (TPSA) is 102 Å². The van der Waals surface area contributed by atoms with Gasteiger partial charge in [0, 0.05) is 32.2 Å². The Morgan fingerprint density at radius 1 is 1.23 bits per heavy atom. The third-order valence-corrected chi connectivity index (χ3v) is 8.38. The molecule has 3 fully saturated rings. The normalized spacial score (nSPS) is 29.3. The smallest absolute Gasteiger partial charge is 0.409 e. The zero-order chi connectivity index (χ0) is 24.3. The molecule has 4 atom stereocenters. The van der Waals surface area contributed by atoms with Crippen molar-refractivity contribution in [3.05, 3.63) is 30.4 Å². The van der Waals surface area contributed by atoms with E-state index < -0.39 is 23.5 Å². The van der Waals surface area contributed by atoms with Gasteiger partial charge in [0.2, 0.25) is 11.8 Å². The molecule has 0 N–H and O–H groups in total. The highest BCUT2D eigenvalue weighted by Crippen LogP contribution is 2.53. The molecule has 11 heteroatoms. The summed E-state index contributed by atoms with van der Waals surface area (Å²) in [5.41, 5.74) is -0.0516. The number of ether oxygens (including phenoxy) is 3. The average molecular weight is 499 g/mol. The van der Waals surface area contributed by atoms with Gasteiger partial charge < -0.3 is 24.0 Å². The van der Waals surface area contributed by atoms with E-state index in [4.69, 9.17) is 14.2 Å². The quantitative estimate of drug-likeness (QED) is 0.594. The van der Waals surface area contributed by atoms with Crippen molar-refractivity contribution in [2.45, 2.75) is 18.6 Å². The Bertz CT molecular complexity index is 1240. The molecule has 10 nitrogen and oxygen atoms in total. The molecule has 2 aromatic rings. The van der Waals surface area contributed by atoms with Crippen molar-refractivity contribution in [3.63, 3.8) is 0 Å². The number of carbonyl (C=O) groups excluding carboxylic acids is 3. The zero-order valence-corrected chi connectivity index (χ0v) is 20.3. The van der Waals surface area contributed by atoms with Crippen molar-refractivity contribution in [2.75, 3.05) is 51.3 Å². The molecular formula is C24H26N4O6S. The standard InChI is InChI=1S/C24H26N4O6S/c1-3-33-23(31)27-10-8-26(9-11-27)20(29)18-16-6-7-24(34-16)13-28(21(30)19(18)24)22-25-15-12-14(32-2)4-5-17(15)35-22/h4-7,12,16,18-19H,3,8-11,13H2,1-2H3/t16-,18?,19?,24-/m0/s1. The molecule has 6 rings (SSSR count). The third kappa shape index (κ3) is 3.40. The Morgan fingerprint density at radius 2 is 2.00 bits per heavy atom. The largest absolute Gasteiger partial charge is 0.497 e. The minimum Gasteiger partial charge on any atom is -0.497 e. The highest BCUT2D eigenvalue weighted by atomic mass is 32.1. The lowest BCUT2D eigenvalue weighted by atomic mass is 9.76. The number of rotatable bonds is 4. The number of nitrogens with zero attached hydrogens (tertiary/aromatic N) is 4. The lowest BCUT2D eigenvalue weighted by molar-refractivity contribution is -0.141. The number of benzene rings is 1. The first kappa shape index (κ1) is 22.3. The summed E-state index contributed by atoms with van der Waals surface area (Å²) in [5.74, 6) is -0.697. The van der Waals surface area contributed by atoms with Gasteiger partial charge in [-0.05, 0) is 19.1 Å². The molecular weight excluding hydrogens is 472 g/mol. The van der Waals surface area contributed by atoms with Crippen LogP contribution in [0.15, 0.2) is 30.4 Å². The summed E-state index contributed by atoms with van der Waals surface area (Å²) in [6.07, 6.45) is 3.08. The Hall–Kier alpha value is -3.18. The van der Waals surface area contributed by atoms with Crippen LogP contribution in [0.25, 0.3) is 10.2 Å². The Labute approximate surface area is 206 Å². The van der Waals surface area contributed by atoms with Gasteiger partial charge in [0.15, 0.2) is 5.13 Å². The maximum absolute atomic E-state index is 13.7. The second kappa shape index (κ2) is 8.20. The van der Waals surface area contributed by atoms with Gasteiger partial charge in [-0.2, -0.15) is 0 Å². The number of hydrogen-bond acceptors (Lipinski definition) is 8. The van der Waals surface area contributed by atoms with Crippen LogP contribution in [0.1, 0.15) is 6.92 Å². The fourth-order valence-corrected chi connectivity index (χ4v) is 6.57. The summed E-state index contributed by atoms with van der Waals surface area (Å²) in [4.78, 5) is 49.0. The first-order valence-corrected chi connectivity index (χ1v) is 12.6. The molecule has 4 aliphatic rings. The Kier molecular flexibility index (Phi) is 5.22. The molecule has 5 heterocycles. The van der Waals surface area contributed by atoms with Crippen molar-refractivity contribution in [3.8, 4) is 5.75 Å². The van der Waals surface area contributed by atoms with E-state index in [0.29, 0.717) is 50.2 Å². The zero-order valence-electron chi connectivity index (χ0n) is 19.5. The molecule has 1 aromatic carbocycles. The fraction of sp³-hybridized carbons (Fsp3) is 0.500. The highest BCUT2D eigenvalue weighted by molar-refractivity contribution is 7.22. The van der Waals surface area contributed by atoms with Crippen LogP contribution in [-0.4, -0.2) is 90.8 Å². The predicted octanol–water partition coefficient (Wildman–Crippen LogP) is 1.89. The van der Waals surface area contributed by atoms with Gasteiger partial charge in [-0.1, -0.05) is 23.5 Å². The number of piperazine rings is 1. The van der Waals surface area contributed by atoms with E-state index in [0.717, 1.165) is 10.2 Å². The van der Waals surface area contributed by atoms with E-state index in [1.165, 1.54) is 11.3 Å². The van der Waals surface area contributed by atoms with Crippen molar-refractivity contribution in [2.24, 2.45) is 11.8 Å². The molecule has 184 valence electrons. The van der Waals surface area contributed by atoms with Crippen LogP contribution in [-0.2, 0) is 19.1 Å². The summed E-state index contributed by atoms with van der Waals surface area (Å²) in [6.45, 7) is 4.04. The predicted molar refractivity (Wildman–Crippen MR) is 127 cm³/mol. The second-order valence-corrected chi connectivity index (χ2v) is 10.2. The van der Waals surface area contributed by atoms with Crippen molar-refractivity contribution >= 4 is 44.6 Å². The summed E-state index contributed by atoms with van der Waals surface area (Å²) in [6, 6.07) is 5.64. The number of fused-ring (bicyclic) bond motifs is 2. The Balaban J connectivity index is 1.22. The summed E-state index contributed by atoms with van der Waals surface area (Å²) in [7, 11) is 1.60. The van der Waals surface area contributed by atoms with Crippen molar-refractivity contribution in [1.29, 1.82) is 0 Å². The second-order valence-electron chi connectivity index (χ2n) is 9.17. The minimum absolute atomic E-state index is 0.0982.